The van der Waals surface area contributed by atoms with Crippen molar-refractivity contribution in [3.8, 4) is 0 Å². The zero-order chi connectivity index (χ0) is 15.4. The minimum atomic E-state index is 0.136. The van der Waals surface area contributed by atoms with Gasteiger partial charge in [0.2, 0.25) is 0 Å². The van der Waals surface area contributed by atoms with E-state index in [1.807, 2.05) is 6.07 Å². The Labute approximate surface area is 135 Å². The van der Waals surface area contributed by atoms with Gasteiger partial charge in [-0.2, -0.15) is 0 Å². The largest absolute Gasteiger partial charge is 0.348 e. The second-order valence-corrected chi connectivity index (χ2v) is 7.02. The van der Waals surface area contributed by atoms with E-state index in [0.29, 0.717) is 18.5 Å². The van der Waals surface area contributed by atoms with Gasteiger partial charge in [-0.25, -0.2) is 0 Å². The van der Waals surface area contributed by atoms with Gasteiger partial charge in [0.05, 0.1) is 4.88 Å². The molecule has 3 N–H and O–H groups in total. The summed E-state index contributed by atoms with van der Waals surface area (Å²) in [7, 11) is 0. The minimum absolute atomic E-state index is 0.136. The van der Waals surface area contributed by atoms with Crippen LogP contribution in [-0.2, 0) is 4.79 Å². The molecule has 1 aliphatic rings. The van der Waals surface area contributed by atoms with Crippen molar-refractivity contribution in [3.05, 3.63) is 58.3 Å². The van der Waals surface area contributed by atoms with E-state index in [1.54, 1.807) is 11.3 Å². The quantitative estimate of drug-likeness (QED) is 0.809. The van der Waals surface area contributed by atoms with E-state index in [4.69, 9.17) is 0 Å². The fourth-order valence-corrected chi connectivity index (χ4v) is 3.65. The lowest BCUT2D eigenvalue weighted by Crippen LogP contribution is -2.87. The van der Waals surface area contributed by atoms with Crippen molar-refractivity contribution < 1.29 is 10.1 Å². The Kier molecular flexibility index (Phi) is 4.90. The molecule has 0 spiro atoms. The summed E-state index contributed by atoms with van der Waals surface area (Å²) >= 11 is 1.74. The Hall–Kier alpha value is -1.65. The van der Waals surface area contributed by atoms with Crippen molar-refractivity contribution in [2.45, 2.75) is 31.8 Å². The van der Waals surface area contributed by atoms with Gasteiger partial charge in [0, 0.05) is 11.6 Å². The van der Waals surface area contributed by atoms with Crippen molar-refractivity contribution in [1.82, 2.24) is 5.32 Å². The Morgan fingerprint density at radius 1 is 1.27 bits per heavy atom. The van der Waals surface area contributed by atoms with Crippen LogP contribution in [0.5, 0.6) is 0 Å². The molecule has 22 heavy (non-hydrogen) atoms. The predicted octanol–water partition coefficient (Wildman–Crippen LogP) is 2.32. The van der Waals surface area contributed by atoms with Crippen LogP contribution in [-0.4, -0.2) is 18.5 Å². The Morgan fingerprint density at radius 2 is 2.05 bits per heavy atom. The Morgan fingerprint density at radius 3 is 2.68 bits per heavy atom. The van der Waals surface area contributed by atoms with Gasteiger partial charge in [-0.3, -0.25) is 4.79 Å². The second kappa shape index (κ2) is 7.07. The number of thiophene rings is 1. The number of amides is 1. The minimum Gasteiger partial charge on any atom is -0.348 e. The van der Waals surface area contributed by atoms with Crippen LogP contribution < -0.4 is 10.6 Å². The zero-order valence-corrected chi connectivity index (χ0v) is 13.7. The molecule has 0 aliphatic heterocycles. The van der Waals surface area contributed by atoms with Crippen molar-refractivity contribution in [1.29, 1.82) is 0 Å². The van der Waals surface area contributed by atoms with Gasteiger partial charge < -0.3 is 10.6 Å². The third kappa shape index (κ3) is 3.96. The van der Waals surface area contributed by atoms with Crippen LogP contribution in [0.1, 0.15) is 36.2 Å². The number of nitrogens with one attached hydrogen (secondary N) is 1. The smallest absolute Gasteiger partial charge is 0.275 e. The number of hydrogen-bond acceptors (Lipinski definition) is 2. The number of nitrogens with two attached hydrogens (primary N) is 1. The van der Waals surface area contributed by atoms with Crippen molar-refractivity contribution in [3.63, 3.8) is 0 Å². The zero-order valence-electron chi connectivity index (χ0n) is 12.9. The molecule has 1 aromatic carbocycles. The van der Waals surface area contributed by atoms with Gasteiger partial charge in [-0.1, -0.05) is 36.4 Å². The fraction of sp³-hybridized carbons (Fsp3) is 0.389. The van der Waals surface area contributed by atoms with Gasteiger partial charge >= 0.3 is 0 Å². The normalized spacial score (nSPS) is 17.0. The van der Waals surface area contributed by atoms with E-state index < -0.39 is 0 Å². The highest BCUT2D eigenvalue weighted by atomic mass is 32.1. The maximum Gasteiger partial charge on any atom is 0.275 e. The van der Waals surface area contributed by atoms with Gasteiger partial charge in [-0.15, -0.1) is 11.3 Å². The standard InChI is InChI=1S/C18H22N2OS/c1-13(14-9-10-14)20-17(21)12-19-18(16-8-5-11-22-16)15-6-3-2-4-7-15/h2-8,11,13-14,18-19H,9-10,12H2,1H3,(H,20,21)/p+1/t13-,18+/m1/s1. The monoisotopic (exact) mass is 315 g/mol. The Bertz CT molecular complexity index is 593. The van der Waals surface area contributed by atoms with Gasteiger partial charge in [0.15, 0.2) is 6.54 Å². The SMILES string of the molecule is C[C@@H](NC(=O)C[NH2+][C@@H](c1ccccc1)c1cccs1)C1CC1. The molecule has 1 saturated carbocycles. The van der Waals surface area contributed by atoms with E-state index in [2.05, 4.69) is 59.3 Å². The van der Waals surface area contributed by atoms with E-state index >= 15 is 0 Å². The molecule has 1 fully saturated rings. The van der Waals surface area contributed by atoms with Crippen LogP contribution >= 0.6 is 11.3 Å². The van der Waals surface area contributed by atoms with Gasteiger partial charge in [-0.05, 0) is 37.1 Å². The van der Waals surface area contributed by atoms with Crippen LogP contribution in [0.15, 0.2) is 47.8 Å². The average Bonchev–Trinajstić information content (AvgIpc) is 3.25. The topological polar surface area (TPSA) is 45.7 Å². The third-order valence-corrected chi connectivity index (χ3v) is 5.22. The molecule has 0 radical (unpaired) electrons. The molecule has 3 nitrogen and oxygen atoms in total. The molecule has 0 unspecified atom stereocenters. The molecule has 1 amide bonds. The Balaban J connectivity index is 1.62. The van der Waals surface area contributed by atoms with Crippen LogP contribution in [0.3, 0.4) is 0 Å². The lowest BCUT2D eigenvalue weighted by molar-refractivity contribution is -0.676. The fourth-order valence-electron chi connectivity index (χ4n) is 2.80. The maximum atomic E-state index is 12.2. The van der Waals surface area contributed by atoms with Crippen LogP contribution in [0.2, 0.25) is 0 Å². The van der Waals surface area contributed by atoms with Crippen LogP contribution in [0.25, 0.3) is 0 Å². The number of hydrogen-bond donors (Lipinski definition) is 2. The first kappa shape index (κ1) is 15.3. The molecule has 2 atom stereocenters. The van der Waals surface area contributed by atoms with Gasteiger partial charge in [0.25, 0.3) is 5.91 Å². The molecular formula is C18H23N2OS+. The summed E-state index contributed by atoms with van der Waals surface area (Å²) in [5, 5.41) is 7.35. The molecule has 0 bridgehead atoms. The van der Waals surface area contributed by atoms with Crippen LogP contribution in [0.4, 0.5) is 0 Å². The van der Waals surface area contributed by atoms with Crippen molar-refractivity contribution in [2.24, 2.45) is 5.92 Å². The van der Waals surface area contributed by atoms with Crippen LogP contribution in [0, 0.1) is 5.92 Å². The number of rotatable bonds is 7. The maximum absolute atomic E-state index is 12.2. The molecule has 116 valence electrons. The third-order valence-electron chi connectivity index (χ3n) is 4.27. The number of benzene rings is 1. The first-order valence-electron chi connectivity index (χ1n) is 7.95. The highest BCUT2D eigenvalue weighted by Gasteiger charge is 2.29. The summed E-state index contributed by atoms with van der Waals surface area (Å²) in [6.07, 6.45) is 2.51. The molecule has 2 aromatic rings. The van der Waals surface area contributed by atoms with E-state index in [0.717, 1.165) is 0 Å². The first-order chi connectivity index (χ1) is 10.7. The summed E-state index contributed by atoms with van der Waals surface area (Å²) in [5.74, 6) is 0.836. The number of quaternary nitrogens is 1. The molecular weight excluding hydrogens is 292 g/mol. The second-order valence-electron chi connectivity index (χ2n) is 6.04. The molecule has 1 heterocycles. The van der Waals surface area contributed by atoms with Gasteiger partial charge in [0.1, 0.15) is 6.04 Å². The van der Waals surface area contributed by atoms with Crippen molar-refractivity contribution in [2.75, 3.05) is 6.54 Å². The van der Waals surface area contributed by atoms with E-state index in [-0.39, 0.29) is 11.9 Å². The highest BCUT2D eigenvalue weighted by molar-refractivity contribution is 7.10. The lowest BCUT2D eigenvalue weighted by atomic mass is 10.1. The van der Waals surface area contributed by atoms with E-state index in [9.17, 15) is 4.79 Å². The van der Waals surface area contributed by atoms with Crippen molar-refractivity contribution >= 4 is 17.2 Å². The summed E-state index contributed by atoms with van der Waals surface area (Å²) in [6.45, 7) is 2.58. The number of carbonyl (C=O) groups excluding carboxylic acids is 1. The molecule has 1 aliphatic carbocycles. The first-order valence-corrected chi connectivity index (χ1v) is 8.83. The summed E-state index contributed by atoms with van der Waals surface area (Å²) in [6, 6.07) is 15.1. The summed E-state index contributed by atoms with van der Waals surface area (Å²) < 4.78 is 0. The summed E-state index contributed by atoms with van der Waals surface area (Å²) in [5.41, 5.74) is 1.24. The predicted molar refractivity (Wildman–Crippen MR) is 89.7 cm³/mol. The lowest BCUT2D eigenvalue weighted by Gasteiger charge is -2.16. The van der Waals surface area contributed by atoms with E-state index in [1.165, 1.54) is 23.3 Å². The molecule has 0 saturated heterocycles. The molecule has 4 heteroatoms. The average molecular weight is 315 g/mol. The number of carbonyl (C=O) groups is 1. The molecule has 1 aromatic heterocycles. The summed E-state index contributed by atoms with van der Waals surface area (Å²) in [4.78, 5) is 13.4. The molecule has 3 rings (SSSR count). The highest BCUT2D eigenvalue weighted by Crippen LogP contribution is 2.32.